The average Bonchev–Trinajstić information content (AvgIpc) is 2.70. The van der Waals surface area contributed by atoms with Crippen molar-refractivity contribution in [2.45, 2.75) is 46.3 Å². The fourth-order valence-electron chi connectivity index (χ4n) is 1.85. The molecule has 0 spiro atoms. The van der Waals surface area contributed by atoms with E-state index < -0.39 is 0 Å². The van der Waals surface area contributed by atoms with Crippen LogP contribution in [-0.4, -0.2) is 30.6 Å². The molecule has 0 saturated carbocycles. The highest BCUT2D eigenvalue weighted by Crippen LogP contribution is 2.23. The van der Waals surface area contributed by atoms with Crippen molar-refractivity contribution in [3.8, 4) is 0 Å². The summed E-state index contributed by atoms with van der Waals surface area (Å²) in [6, 6.07) is 5.20. The van der Waals surface area contributed by atoms with Crippen LogP contribution >= 0.6 is 22.9 Å². The standard InChI is InChI=1S/C14H25ClN2S/c1-10(2)16-8-11(3)12(4)17(5)9-13-6-7-14(15)18-13/h6-7,10-12,16H,8-9H2,1-5H3. The van der Waals surface area contributed by atoms with Gasteiger partial charge in [-0.25, -0.2) is 0 Å². The zero-order valence-corrected chi connectivity index (χ0v) is 13.6. The van der Waals surface area contributed by atoms with E-state index in [1.807, 2.05) is 6.07 Å². The summed E-state index contributed by atoms with van der Waals surface area (Å²) in [5.74, 6) is 0.632. The molecule has 0 aromatic carbocycles. The molecule has 0 amide bonds. The molecule has 104 valence electrons. The Hall–Kier alpha value is -0.0900. The molecule has 0 bridgehead atoms. The summed E-state index contributed by atoms with van der Waals surface area (Å²) in [6.07, 6.45) is 0. The molecule has 2 atom stereocenters. The van der Waals surface area contributed by atoms with Crippen LogP contribution in [-0.2, 0) is 6.54 Å². The van der Waals surface area contributed by atoms with E-state index in [2.05, 4.69) is 51.0 Å². The first kappa shape index (κ1) is 16.0. The summed E-state index contributed by atoms with van der Waals surface area (Å²) in [5, 5.41) is 3.50. The van der Waals surface area contributed by atoms with Gasteiger partial charge in [0.25, 0.3) is 0 Å². The summed E-state index contributed by atoms with van der Waals surface area (Å²) in [6.45, 7) is 11.0. The zero-order chi connectivity index (χ0) is 13.7. The van der Waals surface area contributed by atoms with Crippen LogP contribution in [0.15, 0.2) is 12.1 Å². The first-order valence-corrected chi connectivity index (χ1v) is 7.77. The lowest BCUT2D eigenvalue weighted by Crippen LogP contribution is -2.40. The van der Waals surface area contributed by atoms with Crippen molar-refractivity contribution in [1.82, 2.24) is 10.2 Å². The van der Waals surface area contributed by atoms with Crippen LogP contribution in [0.2, 0.25) is 4.34 Å². The predicted octanol–water partition coefficient (Wildman–Crippen LogP) is 3.86. The van der Waals surface area contributed by atoms with Gasteiger partial charge in [-0.1, -0.05) is 32.4 Å². The molecule has 2 nitrogen and oxygen atoms in total. The molecule has 0 radical (unpaired) electrons. The van der Waals surface area contributed by atoms with Gasteiger partial charge in [-0.15, -0.1) is 11.3 Å². The van der Waals surface area contributed by atoms with Crippen LogP contribution in [0.3, 0.4) is 0 Å². The highest BCUT2D eigenvalue weighted by atomic mass is 35.5. The smallest absolute Gasteiger partial charge is 0.0931 e. The van der Waals surface area contributed by atoms with Crippen molar-refractivity contribution >= 4 is 22.9 Å². The van der Waals surface area contributed by atoms with E-state index in [-0.39, 0.29) is 0 Å². The van der Waals surface area contributed by atoms with Gasteiger partial charge in [0, 0.05) is 23.5 Å². The second kappa shape index (κ2) is 7.49. The molecule has 2 unspecified atom stereocenters. The van der Waals surface area contributed by atoms with Crippen molar-refractivity contribution in [2.24, 2.45) is 5.92 Å². The summed E-state index contributed by atoms with van der Waals surface area (Å²) in [5.41, 5.74) is 0. The maximum Gasteiger partial charge on any atom is 0.0931 e. The number of hydrogen-bond donors (Lipinski definition) is 1. The minimum atomic E-state index is 0.553. The van der Waals surface area contributed by atoms with E-state index in [4.69, 9.17) is 11.6 Å². The maximum atomic E-state index is 5.96. The normalized spacial score (nSPS) is 15.3. The molecule has 0 aliphatic rings. The Morgan fingerprint density at radius 3 is 2.44 bits per heavy atom. The maximum absolute atomic E-state index is 5.96. The van der Waals surface area contributed by atoms with Crippen LogP contribution in [0.25, 0.3) is 0 Å². The molecule has 18 heavy (non-hydrogen) atoms. The van der Waals surface area contributed by atoms with Crippen LogP contribution in [0.4, 0.5) is 0 Å². The van der Waals surface area contributed by atoms with Gasteiger partial charge >= 0.3 is 0 Å². The van der Waals surface area contributed by atoms with Gasteiger partial charge in [0.15, 0.2) is 0 Å². The van der Waals surface area contributed by atoms with Gasteiger partial charge in [0.1, 0.15) is 0 Å². The number of rotatable bonds is 7. The molecule has 0 fully saturated rings. The second-order valence-electron chi connectivity index (χ2n) is 5.40. The van der Waals surface area contributed by atoms with Gasteiger partial charge in [0.05, 0.1) is 4.34 Å². The van der Waals surface area contributed by atoms with E-state index >= 15 is 0 Å². The van der Waals surface area contributed by atoms with E-state index in [1.165, 1.54) is 4.88 Å². The summed E-state index contributed by atoms with van der Waals surface area (Å²) >= 11 is 7.63. The fraction of sp³-hybridized carbons (Fsp3) is 0.714. The fourth-order valence-corrected chi connectivity index (χ4v) is 3.00. The average molecular weight is 289 g/mol. The lowest BCUT2D eigenvalue weighted by molar-refractivity contribution is 0.188. The predicted molar refractivity (Wildman–Crippen MR) is 82.6 cm³/mol. The number of nitrogens with zero attached hydrogens (tertiary/aromatic N) is 1. The largest absolute Gasteiger partial charge is 0.314 e. The molecule has 1 N–H and O–H groups in total. The highest BCUT2D eigenvalue weighted by Gasteiger charge is 2.17. The molecule has 0 saturated heterocycles. The Kier molecular flexibility index (Phi) is 6.64. The van der Waals surface area contributed by atoms with E-state index in [9.17, 15) is 0 Å². The second-order valence-corrected chi connectivity index (χ2v) is 7.20. The van der Waals surface area contributed by atoms with Crippen molar-refractivity contribution in [1.29, 1.82) is 0 Å². The third-order valence-corrected chi connectivity index (χ3v) is 4.62. The topological polar surface area (TPSA) is 15.3 Å². The molecule has 1 aromatic rings. The SMILES string of the molecule is CC(C)NCC(C)C(C)N(C)Cc1ccc(Cl)s1. The summed E-state index contributed by atoms with van der Waals surface area (Å²) in [7, 11) is 2.18. The first-order valence-electron chi connectivity index (χ1n) is 6.58. The molecular formula is C14H25ClN2S. The third-order valence-electron chi connectivity index (χ3n) is 3.40. The first-order chi connectivity index (χ1) is 8.40. The molecule has 1 rings (SSSR count). The Balaban J connectivity index is 2.42. The van der Waals surface area contributed by atoms with E-state index in [0.717, 1.165) is 17.4 Å². The highest BCUT2D eigenvalue weighted by molar-refractivity contribution is 7.16. The van der Waals surface area contributed by atoms with E-state index in [0.29, 0.717) is 18.0 Å². The van der Waals surface area contributed by atoms with Crippen LogP contribution in [0.5, 0.6) is 0 Å². The lowest BCUT2D eigenvalue weighted by atomic mass is 10.0. The molecule has 0 aliphatic heterocycles. The van der Waals surface area contributed by atoms with Crippen molar-refractivity contribution in [3.63, 3.8) is 0 Å². The zero-order valence-electron chi connectivity index (χ0n) is 12.0. The Morgan fingerprint density at radius 2 is 1.94 bits per heavy atom. The lowest BCUT2D eigenvalue weighted by Gasteiger charge is -2.30. The van der Waals surface area contributed by atoms with Crippen LogP contribution in [0.1, 0.15) is 32.6 Å². The summed E-state index contributed by atoms with van der Waals surface area (Å²) in [4.78, 5) is 3.73. The third kappa shape index (κ3) is 5.27. The van der Waals surface area contributed by atoms with Gasteiger partial charge in [-0.05, 0) is 38.6 Å². The van der Waals surface area contributed by atoms with Crippen molar-refractivity contribution < 1.29 is 0 Å². The van der Waals surface area contributed by atoms with Crippen LogP contribution < -0.4 is 5.32 Å². The van der Waals surface area contributed by atoms with Crippen LogP contribution in [0, 0.1) is 5.92 Å². The molecule has 1 heterocycles. The van der Waals surface area contributed by atoms with Gasteiger partial charge in [0.2, 0.25) is 0 Å². The molecular weight excluding hydrogens is 264 g/mol. The Morgan fingerprint density at radius 1 is 1.28 bits per heavy atom. The molecule has 4 heteroatoms. The van der Waals surface area contributed by atoms with Crippen molar-refractivity contribution in [3.05, 3.63) is 21.3 Å². The molecule has 1 aromatic heterocycles. The number of thiophene rings is 1. The van der Waals surface area contributed by atoms with E-state index in [1.54, 1.807) is 11.3 Å². The number of nitrogens with one attached hydrogen (secondary N) is 1. The molecule has 0 aliphatic carbocycles. The monoisotopic (exact) mass is 288 g/mol. The Labute approximate surface area is 120 Å². The summed E-state index contributed by atoms with van der Waals surface area (Å²) < 4.78 is 0.876. The number of hydrogen-bond acceptors (Lipinski definition) is 3. The van der Waals surface area contributed by atoms with Gasteiger partial charge < -0.3 is 5.32 Å². The number of halogens is 1. The van der Waals surface area contributed by atoms with Gasteiger partial charge in [-0.3, -0.25) is 4.90 Å². The Bertz CT molecular complexity index is 351. The van der Waals surface area contributed by atoms with Gasteiger partial charge in [-0.2, -0.15) is 0 Å². The minimum absolute atomic E-state index is 0.553. The minimum Gasteiger partial charge on any atom is -0.314 e. The quantitative estimate of drug-likeness (QED) is 0.820. The van der Waals surface area contributed by atoms with Crippen molar-refractivity contribution in [2.75, 3.05) is 13.6 Å².